The van der Waals surface area contributed by atoms with Crippen LogP contribution in [0.3, 0.4) is 0 Å². The smallest absolute Gasteiger partial charge is 0.122 e. The van der Waals surface area contributed by atoms with Crippen molar-refractivity contribution < 1.29 is 4.74 Å². The van der Waals surface area contributed by atoms with Crippen molar-refractivity contribution in [3.05, 3.63) is 65.7 Å². The van der Waals surface area contributed by atoms with E-state index in [0.717, 1.165) is 12.2 Å². The molecule has 0 aliphatic carbocycles. The number of hydrogen-bond acceptors (Lipinski definition) is 1. The molecule has 0 unspecified atom stereocenters. The first-order valence-corrected chi connectivity index (χ1v) is 6.24. The van der Waals surface area contributed by atoms with Crippen molar-refractivity contribution in [1.29, 1.82) is 0 Å². The van der Waals surface area contributed by atoms with Crippen LogP contribution in [-0.2, 0) is 6.42 Å². The lowest BCUT2D eigenvalue weighted by Gasteiger charge is -2.10. The average molecular weight is 247 g/mol. The first-order chi connectivity index (χ1) is 8.40. The summed E-state index contributed by atoms with van der Waals surface area (Å²) in [7, 11) is 0. The molecule has 0 fully saturated rings. The van der Waals surface area contributed by atoms with E-state index in [0.29, 0.717) is 12.5 Å². The molecule has 0 spiro atoms. The summed E-state index contributed by atoms with van der Waals surface area (Å²) in [4.78, 5) is 0. The molecule has 0 N–H and O–H groups in total. The van der Waals surface area contributed by atoms with Gasteiger partial charge in [-0.3, -0.25) is 0 Å². The zero-order valence-electron chi connectivity index (χ0n) is 9.60. The maximum absolute atomic E-state index is 5.64. The molecule has 0 bridgehead atoms. The molecule has 0 amide bonds. The van der Waals surface area contributed by atoms with Crippen LogP contribution in [0.4, 0.5) is 0 Å². The van der Waals surface area contributed by atoms with Gasteiger partial charge in [0.2, 0.25) is 0 Å². The zero-order chi connectivity index (χ0) is 11.9. The minimum Gasteiger partial charge on any atom is -0.492 e. The van der Waals surface area contributed by atoms with E-state index >= 15 is 0 Å². The van der Waals surface area contributed by atoms with Crippen molar-refractivity contribution in [2.75, 3.05) is 12.5 Å². The number of alkyl halides is 1. The van der Waals surface area contributed by atoms with E-state index < -0.39 is 0 Å². The van der Waals surface area contributed by atoms with E-state index in [-0.39, 0.29) is 0 Å². The Hall–Kier alpha value is -1.47. The Balaban J connectivity index is 2.15. The van der Waals surface area contributed by atoms with Crippen molar-refractivity contribution >= 4 is 11.6 Å². The van der Waals surface area contributed by atoms with E-state index in [1.165, 1.54) is 11.1 Å². The van der Waals surface area contributed by atoms with E-state index in [4.69, 9.17) is 16.3 Å². The summed E-state index contributed by atoms with van der Waals surface area (Å²) in [5, 5.41) is 0. The van der Waals surface area contributed by atoms with Crippen LogP contribution in [0.1, 0.15) is 11.1 Å². The van der Waals surface area contributed by atoms with E-state index in [1.807, 2.05) is 24.3 Å². The van der Waals surface area contributed by atoms with Crippen LogP contribution in [0.25, 0.3) is 0 Å². The number of ether oxygens (including phenoxy) is 1. The normalized spacial score (nSPS) is 10.2. The van der Waals surface area contributed by atoms with Gasteiger partial charge < -0.3 is 4.74 Å². The topological polar surface area (TPSA) is 9.23 Å². The van der Waals surface area contributed by atoms with Crippen LogP contribution in [0.15, 0.2) is 54.6 Å². The second-order valence-electron chi connectivity index (χ2n) is 3.81. The fourth-order valence-corrected chi connectivity index (χ4v) is 1.83. The van der Waals surface area contributed by atoms with Gasteiger partial charge in [0.1, 0.15) is 12.4 Å². The number of halogens is 1. The molecular weight excluding hydrogens is 232 g/mol. The lowest BCUT2D eigenvalue weighted by Crippen LogP contribution is -2.01. The van der Waals surface area contributed by atoms with Crippen molar-refractivity contribution in [2.24, 2.45) is 0 Å². The van der Waals surface area contributed by atoms with Gasteiger partial charge in [0, 0.05) is 6.42 Å². The monoisotopic (exact) mass is 246 g/mol. The van der Waals surface area contributed by atoms with Gasteiger partial charge in [0.05, 0.1) is 5.88 Å². The summed E-state index contributed by atoms with van der Waals surface area (Å²) < 4.78 is 5.63. The second kappa shape index (κ2) is 6.31. The van der Waals surface area contributed by atoms with Gasteiger partial charge in [-0.05, 0) is 17.2 Å². The largest absolute Gasteiger partial charge is 0.492 e. The molecule has 2 aromatic carbocycles. The van der Waals surface area contributed by atoms with Gasteiger partial charge in [-0.2, -0.15) is 0 Å². The van der Waals surface area contributed by atoms with Crippen LogP contribution in [0.5, 0.6) is 5.75 Å². The molecular formula is C15H15ClO. The molecule has 0 aromatic heterocycles. The van der Waals surface area contributed by atoms with E-state index in [9.17, 15) is 0 Å². The summed E-state index contributed by atoms with van der Waals surface area (Å²) in [5.41, 5.74) is 2.48. The van der Waals surface area contributed by atoms with Crippen LogP contribution in [-0.4, -0.2) is 12.5 Å². The Morgan fingerprint density at radius 2 is 1.59 bits per heavy atom. The Labute approximate surface area is 107 Å². The number of rotatable bonds is 5. The Morgan fingerprint density at radius 1 is 0.882 bits per heavy atom. The summed E-state index contributed by atoms with van der Waals surface area (Å²) in [6, 6.07) is 18.5. The van der Waals surface area contributed by atoms with Gasteiger partial charge >= 0.3 is 0 Å². The highest BCUT2D eigenvalue weighted by molar-refractivity contribution is 6.18. The van der Waals surface area contributed by atoms with E-state index in [2.05, 4.69) is 30.3 Å². The molecule has 0 radical (unpaired) electrons. The van der Waals surface area contributed by atoms with Gasteiger partial charge in [-0.1, -0.05) is 48.5 Å². The second-order valence-corrected chi connectivity index (χ2v) is 4.19. The Kier molecular flexibility index (Phi) is 4.45. The zero-order valence-corrected chi connectivity index (χ0v) is 10.4. The van der Waals surface area contributed by atoms with Gasteiger partial charge in [-0.25, -0.2) is 0 Å². The predicted octanol–water partition coefficient (Wildman–Crippen LogP) is 3.90. The molecule has 0 heterocycles. The molecule has 88 valence electrons. The first kappa shape index (κ1) is 12.0. The first-order valence-electron chi connectivity index (χ1n) is 5.71. The van der Waals surface area contributed by atoms with Crippen molar-refractivity contribution in [3.8, 4) is 5.75 Å². The SMILES string of the molecule is ClCCOc1ccccc1Cc1ccccc1. The number of benzene rings is 2. The molecule has 0 aliphatic heterocycles. The van der Waals surface area contributed by atoms with Crippen LogP contribution in [0.2, 0.25) is 0 Å². The lowest BCUT2D eigenvalue weighted by molar-refractivity contribution is 0.339. The minimum absolute atomic E-state index is 0.514. The van der Waals surface area contributed by atoms with Crippen LogP contribution < -0.4 is 4.74 Å². The maximum atomic E-state index is 5.64. The third-order valence-electron chi connectivity index (χ3n) is 2.54. The third kappa shape index (κ3) is 3.50. The van der Waals surface area contributed by atoms with Crippen LogP contribution in [0, 0.1) is 0 Å². The average Bonchev–Trinajstić information content (AvgIpc) is 2.39. The minimum atomic E-state index is 0.514. The quantitative estimate of drug-likeness (QED) is 0.728. The molecule has 0 aliphatic rings. The highest BCUT2D eigenvalue weighted by Gasteiger charge is 2.03. The molecule has 0 saturated heterocycles. The van der Waals surface area contributed by atoms with Crippen molar-refractivity contribution in [3.63, 3.8) is 0 Å². The number of para-hydroxylation sites is 1. The number of hydrogen-bond donors (Lipinski definition) is 0. The Morgan fingerprint density at radius 3 is 2.35 bits per heavy atom. The fraction of sp³-hybridized carbons (Fsp3) is 0.200. The standard InChI is InChI=1S/C15H15ClO/c16-10-11-17-15-9-5-4-8-14(15)12-13-6-2-1-3-7-13/h1-9H,10-12H2. The van der Waals surface area contributed by atoms with Gasteiger partial charge in [-0.15, -0.1) is 11.6 Å². The van der Waals surface area contributed by atoms with Gasteiger partial charge in [0.15, 0.2) is 0 Å². The molecule has 2 rings (SSSR count). The summed E-state index contributed by atoms with van der Waals surface area (Å²) in [6.45, 7) is 0.549. The summed E-state index contributed by atoms with van der Waals surface area (Å²) in [6.07, 6.45) is 0.888. The molecule has 1 nitrogen and oxygen atoms in total. The molecule has 0 atom stereocenters. The predicted molar refractivity (Wildman–Crippen MR) is 71.9 cm³/mol. The van der Waals surface area contributed by atoms with E-state index in [1.54, 1.807) is 0 Å². The van der Waals surface area contributed by atoms with Crippen LogP contribution >= 0.6 is 11.6 Å². The van der Waals surface area contributed by atoms with Gasteiger partial charge in [0.25, 0.3) is 0 Å². The third-order valence-corrected chi connectivity index (χ3v) is 2.70. The Bertz CT molecular complexity index is 453. The highest BCUT2D eigenvalue weighted by atomic mass is 35.5. The molecule has 2 heteroatoms. The highest BCUT2D eigenvalue weighted by Crippen LogP contribution is 2.21. The van der Waals surface area contributed by atoms with Crippen molar-refractivity contribution in [1.82, 2.24) is 0 Å². The molecule has 17 heavy (non-hydrogen) atoms. The summed E-state index contributed by atoms with van der Waals surface area (Å²) >= 11 is 5.64. The maximum Gasteiger partial charge on any atom is 0.122 e. The fourth-order valence-electron chi connectivity index (χ4n) is 1.75. The lowest BCUT2D eigenvalue weighted by atomic mass is 10.0. The molecule has 0 saturated carbocycles. The molecule has 2 aromatic rings. The summed E-state index contributed by atoms with van der Waals surface area (Å²) in [5.74, 6) is 1.44. The van der Waals surface area contributed by atoms with Crippen molar-refractivity contribution in [2.45, 2.75) is 6.42 Å².